The second kappa shape index (κ2) is 7.46. The number of halogens is 1. The molecule has 0 amide bonds. The van der Waals surface area contributed by atoms with Gasteiger partial charge in [0, 0.05) is 43.8 Å². The first-order chi connectivity index (χ1) is 10.1. The van der Waals surface area contributed by atoms with Crippen LogP contribution in [-0.2, 0) is 0 Å². The summed E-state index contributed by atoms with van der Waals surface area (Å²) < 4.78 is 18.8. The Morgan fingerprint density at radius 1 is 1.48 bits per heavy atom. The van der Waals surface area contributed by atoms with Gasteiger partial charge in [0.2, 0.25) is 0 Å². The first kappa shape index (κ1) is 15.8. The average Bonchev–Trinajstić information content (AvgIpc) is 2.49. The van der Waals surface area contributed by atoms with E-state index >= 15 is 0 Å². The van der Waals surface area contributed by atoms with Crippen molar-refractivity contribution in [2.45, 2.75) is 0 Å². The fourth-order valence-corrected chi connectivity index (χ4v) is 3.14. The number of benzene rings is 1. The van der Waals surface area contributed by atoms with Crippen molar-refractivity contribution in [3.8, 4) is 5.75 Å². The van der Waals surface area contributed by atoms with Crippen LogP contribution in [0.3, 0.4) is 0 Å². The molecule has 1 aromatic rings. The SMILES string of the molecule is COc1cc(NCCN2CCSCC2)c(F)cc1[N+](=O)[O-]. The van der Waals surface area contributed by atoms with E-state index in [0.29, 0.717) is 6.54 Å². The third kappa shape index (κ3) is 4.21. The quantitative estimate of drug-likeness (QED) is 0.641. The summed E-state index contributed by atoms with van der Waals surface area (Å²) in [5.41, 5.74) is -0.141. The molecule has 116 valence electrons. The Bertz CT molecular complexity index is 510. The van der Waals surface area contributed by atoms with E-state index in [1.165, 1.54) is 13.2 Å². The molecule has 1 fully saturated rings. The van der Waals surface area contributed by atoms with Gasteiger partial charge in [-0.1, -0.05) is 0 Å². The largest absolute Gasteiger partial charge is 0.490 e. The number of hydrogen-bond donors (Lipinski definition) is 1. The summed E-state index contributed by atoms with van der Waals surface area (Å²) in [7, 11) is 1.33. The van der Waals surface area contributed by atoms with Gasteiger partial charge in [-0.3, -0.25) is 15.0 Å². The second-order valence-corrected chi connectivity index (χ2v) is 5.87. The molecule has 2 rings (SSSR count). The van der Waals surface area contributed by atoms with E-state index in [4.69, 9.17) is 4.74 Å². The first-order valence-electron chi connectivity index (χ1n) is 6.67. The van der Waals surface area contributed by atoms with E-state index in [9.17, 15) is 14.5 Å². The molecule has 1 aromatic carbocycles. The van der Waals surface area contributed by atoms with Crippen LogP contribution in [0, 0.1) is 15.9 Å². The van der Waals surface area contributed by atoms with Gasteiger partial charge < -0.3 is 10.1 Å². The summed E-state index contributed by atoms with van der Waals surface area (Å²) in [6, 6.07) is 2.22. The minimum absolute atomic E-state index is 0.0540. The zero-order valence-electron chi connectivity index (χ0n) is 11.8. The van der Waals surface area contributed by atoms with Crippen LogP contribution in [0.1, 0.15) is 0 Å². The van der Waals surface area contributed by atoms with Crippen molar-refractivity contribution in [1.29, 1.82) is 0 Å². The zero-order chi connectivity index (χ0) is 15.2. The van der Waals surface area contributed by atoms with E-state index in [1.54, 1.807) is 0 Å². The number of nitrogens with one attached hydrogen (secondary N) is 1. The van der Waals surface area contributed by atoms with Gasteiger partial charge in [-0.2, -0.15) is 11.8 Å². The van der Waals surface area contributed by atoms with Crippen molar-refractivity contribution in [2.75, 3.05) is 50.1 Å². The molecule has 1 heterocycles. The van der Waals surface area contributed by atoms with E-state index in [1.807, 2.05) is 11.8 Å². The number of hydrogen-bond acceptors (Lipinski definition) is 6. The van der Waals surface area contributed by atoms with Gasteiger partial charge in [0.05, 0.1) is 23.8 Å². The van der Waals surface area contributed by atoms with Gasteiger partial charge in [0.25, 0.3) is 0 Å². The fourth-order valence-electron chi connectivity index (χ4n) is 2.16. The maximum absolute atomic E-state index is 13.9. The van der Waals surface area contributed by atoms with Crippen molar-refractivity contribution >= 4 is 23.1 Å². The van der Waals surface area contributed by atoms with Crippen LogP contribution in [0.4, 0.5) is 15.8 Å². The minimum atomic E-state index is -0.656. The van der Waals surface area contributed by atoms with Gasteiger partial charge in [-0.25, -0.2) is 4.39 Å². The molecule has 8 heteroatoms. The summed E-state index contributed by atoms with van der Waals surface area (Å²) in [6.45, 7) is 3.48. The highest BCUT2D eigenvalue weighted by Gasteiger charge is 2.19. The second-order valence-electron chi connectivity index (χ2n) is 4.64. The molecule has 0 saturated carbocycles. The maximum atomic E-state index is 13.9. The number of rotatable bonds is 6. The topological polar surface area (TPSA) is 67.6 Å². The number of nitro groups is 1. The highest BCUT2D eigenvalue weighted by molar-refractivity contribution is 7.99. The van der Waals surface area contributed by atoms with Crippen LogP contribution in [0.2, 0.25) is 0 Å². The van der Waals surface area contributed by atoms with Crippen LogP contribution < -0.4 is 10.1 Å². The number of ether oxygens (including phenoxy) is 1. The molecule has 0 spiro atoms. The number of thioether (sulfide) groups is 1. The lowest BCUT2D eigenvalue weighted by Gasteiger charge is -2.26. The van der Waals surface area contributed by atoms with Crippen LogP contribution in [-0.4, -0.2) is 54.6 Å². The molecule has 1 saturated heterocycles. The number of methoxy groups -OCH3 is 1. The van der Waals surface area contributed by atoms with E-state index in [2.05, 4.69) is 10.2 Å². The van der Waals surface area contributed by atoms with Gasteiger partial charge in [-0.05, 0) is 0 Å². The van der Waals surface area contributed by atoms with Crippen LogP contribution in [0.15, 0.2) is 12.1 Å². The standard InChI is InChI=1S/C13H18FN3O3S/c1-20-13-9-11(10(14)8-12(13)17(18)19)15-2-3-16-4-6-21-7-5-16/h8-9,15H,2-7H2,1H3. The third-order valence-corrected chi connectivity index (χ3v) is 4.25. The summed E-state index contributed by atoms with van der Waals surface area (Å²) in [4.78, 5) is 12.4. The molecule has 0 unspecified atom stereocenters. The lowest BCUT2D eigenvalue weighted by Crippen LogP contribution is -2.36. The van der Waals surface area contributed by atoms with Gasteiger partial charge in [0.15, 0.2) is 11.6 Å². The van der Waals surface area contributed by atoms with E-state index in [0.717, 1.165) is 37.2 Å². The Morgan fingerprint density at radius 3 is 2.81 bits per heavy atom. The Labute approximate surface area is 126 Å². The van der Waals surface area contributed by atoms with E-state index in [-0.39, 0.29) is 17.1 Å². The molecule has 0 atom stereocenters. The van der Waals surface area contributed by atoms with Crippen LogP contribution in [0.25, 0.3) is 0 Å². The average molecular weight is 315 g/mol. The Kier molecular flexibility index (Phi) is 5.63. The molecule has 0 aromatic heterocycles. The molecule has 6 nitrogen and oxygen atoms in total. The summed E-state index contributed by atoms with van der Waals surface area (Å²) in [5, 5.41) is 13.8. The number of nitrogens with zero attached hydrogens (tertiary/aromatic N) is 2. The monoisotopic (exact) mass is 315 g/mol. The predicted molar refractivity (Wildman–Crippen MR) is 81.9 cm³/mol. The van der Waals surface area contributed by atoms with Crippen molar-refractivity contribution in [1.82, 2.24) is 4.90 Å². The predicted octanol–water partition coefficient (Wildman–Crippen LogP) is 2.20. The summed E-state index contributed by atoms with van der Waals surface area (Å²) in [6.07, 6.45) is 0. The fraction of sp³-hybridized carbons (Fsp3) is 0.538. The Morgan fingerprint density at radius 2 is 2.19 bits per heavy atom. The first-order valence-corrected chi connectivity index (χ1v) is 7.83. The molecule has 0 bridgehead atoms. The Balaban J connectivity index is 1.97. The number of anilines is 1. The molecule has 0 radical (unpaired) electrons. The van der Waals surface area contributed by atoms with Gasteiger partial charge in [0.1, 0.15) is 0 Å². The minimum Gasteiger partial charge on any atom is -0.490 e. The normalized spacial score (nSPS) is 15.7. The summed E-state index contributed by atoms with van der Waals surface area (Å²) >= 11 is 1.94. The third-order valence-electron chi connectivity index (χ3n) is 3.31. The van der Waals surface area contributed by atoms with Crippen LogP contribution >= 0.6 is 11.8 Å². The molecule has 21 heavy (non-hydrogen) atoms. The van der Waals surface area contributed by atoms with Gasteiger partial charge >= 0.3 is 5.69 Å². The molecule has 0 aliphatic carbocycles. The molecule has 1 aliphatic rings. The highest BCUT2D eigenvalue weighted by Crippen LogP contribution is 2.32. The lowest BCUT2D eigenvalue weighted by atomic mass is 10.2. The van der Waals surface area contributed by atoms with Crippen molar-refractivity contribution in [2.24, 2.45) is 0 Å². The van der Waals surface area contributed by atoms with Crippen molar-refractivity contribution in [3.63, 3.8) is 0 Å². The smallest absolute Gasteiger partial charge is 0.313 e. The molecule has 1 aliphatic heterocycles. The number of nitro benzene ring substituents is 1. The van der Waals surface area contributed by atoms with Gasteiger partial charge in [-0.15, -0.1) is 0 Å². The van der Waals surface area contributed by atoms with Crippen molar-refractivity contribution in [3.05, 3.63) is 28.1 Å². The Hall–Kier alpha value is -1.54. The van der Waals surface area contributed by atoms with E-state index < -0.39 is 10.7 Å². The van der Waals surface area contributed by atoms with Crippen molar-refractivity contribution < 1.29 is 14.1 Å². The van der Waals surface area contributed by atoms with Crippen LogP contribution in [0.5, 0.6) is 5.75 Å². The molecular formula is C13H18FN3O3S. The zero-order valence-corrected chi connectivity index (χ0v) is 12.6. The molecular weight excluding hydrogens is 297 g/mol. The molecule has 1 N–H and O–H groups in total. The lowest BCUT2D eigenvalue weighted by molar-refractivity contribution is -0.385. The maximum Gasteiger partial charge on any atom is 0.313 e. The highest BCUT2D eigenvalue weighted by atomic mass is 32.2. The summed E-state index contributed by atoms with van der Waals surface area (Å²) in [5.74, 6) is 1.66.